The van der Waals surface area contributed by atoms with Gasteiger partial charge in [0, 0.05) is 19.7 Å². The normalized spacial score (nSPS) is 11.6. The van der Waals surface area contributed by atoms with Gasteiger partial charge in [-0.2, -0.15) is 0 Å². The molecule has 0 spiro atoms. The maximum absolute atomic E-state index is 6.30. The fourth-order valence-corrected chi connectivity index (χ4v) is 2.47. The second-order valence-electron chi connectivity index (χ2n) is 4.77. The molecule has 0 radical (unpaired) electrons. The van der Waals surface area contributed by atoms with E-state index in [1.54, 1.807) is 7.11 Å². The molecule has 1 aromatic heterocycles. The summed E-state index contributed by atoms with van der Waals surface area (Å²) >= 11 is 6.30. The number of imidazole rings is 1. The molecular weight excluding hydrogens is 262 g/mol. The molecule has 0 saturated heterocycles. The van der Waals surface area contributed by atoms with Crippen LogP contribution in [-0.4, -0.2) is 29.8 Å². The van der Waals surface area contributed by atoms with Crippen molar-refractivity contribution in [2.45, 2.75) is 26.4 Å². The number of fused-ring (bicyclic) bond motifs is 1. The van der Waals surface area contributed by atoms with Crippen LogP contribution in [0.3, 0.4) is 0 Å². The Morgan fingerprint density at radius 1 is 1.42 bits per heavy atom. The Hall–Kier alpha value is -1.10. The first-order valence-corrected chi connectivity index (χ1v) is 6.88. The lowest BCUT2D eigenvalue weighted by atomic mass is 10.3. The highest BCUT2D eigenvalue weighted by Gasteiger charge is 2.14. The van der Waals surface area contributed by atoms with Gasteiger partial charge in [-0.25, -0.2) is 4.98 Å². The van der Waals surface area contributed by atoms with Gasteiger partial charge in [0.25, 0.3) is 0 Å². The minimum Gasteiger partial charge on any atom is -0.383 e. The summed E-state index contributed by atoms with van der Waals surface area (Å²) < 4.78 is 7.22. The van der Waals surface area contributed by atoms with Crippen LogP contribution in [0, 0.1) is 0 Å². The van der Waals surface area contributed by atoms with Crippen LogP contribution >= 0.6 is 11.6 Å². The van der Waals surface area contributed by atoms with Crippen molar-refractivity contribution >= 4 is 22.6 Å². The Morgan fingerprint density at radius 2 is 2.21 bits per heavy atom. The molecule has 0 aliphatic rings. The lowest BCUT2D eigenvalue weighted by Crippen LogP contribution is -2.21. The quantitative estimate of drug-likeness (QED) is 0.828. The van der Waals surface area contributed by atoms with E-state index in [4.69, 9.17) is 16.3 Å². The highest BCUT2D eigenvalue weighted by atomic mass is 35.5. The Labute approximate surface area is 118 Å². The van der Waals surface area contributed by atoms with Crippen molar-refractivity contribution in [3.63, 3.8) is 0 Å². The van der Waals surface area contributed by atoms with Crippen LogP contribution in [0.1, 0.15) is 25.7 Å². The number of hydrogen-bond donors (Lipinski definition) is 1. The zero-order valence-electron chi connectivity index (χ0n) is 11.6. The van der Waals surface area contributed by atoms with Gasteiger partial charge in [-0.05, 0) is 26.0 Å². The number of rotatable bonds is 6. The van der Waals surface area contributed by atoms with Crippen LogP contribution in [0.15, 0.2) is 18.2 Å². The molecule has 0 fully saturated rings. The summed E-state index contributed by atoms with van der Waals surface area (Å²) in [5.74, 6) is 1.01. The largest absolute Gasteiger partial charge is 0.383 e. The van der Waals surface area contributed by atoms with E-state index in [2.05, 4.69) is 28.7 Å². The average molecular weight is 282 g/mol. The number of para-hydroxylation sites is 1. The molecule has 104 valence electrons. The molecule has 1 aromatic carbocycles. The third-order valence-corrected chi connectivity index (χ3v) is 3.32. The molecule has 1 N–H and O–H groups in total. The van der Waals surface area contributed by atoms with Crippen molar-refractivity contribution in [2.24, 2.45) is 0 Å². The van der Waals surface area contributed by atoms with E-state index in [1.165, 1.54) is 0 Å². The molecule has 19 heavy (non-hydrogen) atoms. The van der Waals surface area contributed by atoms with Crippen LogP contribution in [0.25, 0.3) is 11.0 Å². The smallest absolute Gasteiger partial charge is 0.124 e. The van der Waals surface area contributed by atoms with Gasteiger partial charge in [-0.15, -0.1) is 0 Å². The molecule has 0 saturated carbocycles. The second-order valence-corrected chi connectivity index (χ2v) is 5.18. The van der Waals surface area contributed by atoms with Crippen molar-refractivity contribution in [3.8, 4) is 0 Å². The number of halogens is 1. The fourth-order valence-electron chi connectivity index (χ4n) is 2.21. The SMILES string of the molecule is COCCNCc1nc2cccc(Cl)c2n1C(C)C. The van der Waals surface area contributed by atoms with Crippen LogP contribution in [-0.2, 0) is 11.3 Å². The number of hydrogen-bond acceptors (Lipinski definition) is 3. The molecule has 0 amide bonds. The van der Waals surface area contributed by atoms with Gasteiger partial charge in [-0.3, -0.25) is 0 Å². The molecule has 2 rings (SSSR count). The molecule has 4 nitrogen and oxygen atoms in total. The standard InChI is InChI=1S/C14H20ClN3O/c1-10(2)18-13(9-16-7-8-19-3)17-12-6-4-5-11(15)14(12)18/h4-6,10,16H,7-9H2,1-3H3. The number of methoxy groups -OCH3 is 1. The summed E-state index contributed by atoms with van der Waals surface area (Å²) in [6.45, 7) is 6.51. The summed E-state index contributed by atoms with van der Waals surface area (Å²) in [6.07, 6.45) is 0. The molecule has 0 unspecified atom stereocenters. The monoisotopic (exact) mass is 281 g/mol. The molecular formula is C14H20ClN3O. The number of aromatic nitrogens is 2. The summed E-state index contributed by atoms with van der Waals surface area (Å²) in [5, 5.41) is 4.08. The van der Waals surface area contributed by atoms with Gasteiger partial charge in [0.05, 0.1) is 29.2 Å². The highest BCUT2D eigenvalue weighted by Crippen LogP contribution is 2.27. The first kappa shape index (κ1) is 14.3. The van der Waals surface area contributed by atoms with Gasteiger partial charge in [-0.1, -0.05) is 17.7 Å². The van der Waals surface area contributed by atoms with E-state index >= 15 is 0 Å². The zero-order valence-corrected chi connectivity index (χ0v) is 12.4. The van der Waals surface area contributed by atoms with Gasteiger partial charge in [0.1, 0.15) is 5.82 Å². The first-order valence-electron chi connectivity index (χ1n) is 6.50. The average Bonchev–Trinajstić information content (AvgIpc) is 2.74. The molecule has 0 aliphatic carbocycles. The lowest BCUT2D eigenvalue weighted by Gasteiger charge is -2.14. The maximum atomic E-state index is 6.30. The third-order valence-electron chi connectivity index (χ3n) is 3.02. The fraction of sp³-hybridized carbons (Fsp3) is 0.500. The van der Waals surface area contributed by atoms with E-state index in [9.17, 15) is 0 Å². The molecule has 5 heteroatoms. The molecule has 0 atom stereocenters. The van der Waals surface area contributed by atoms with Crippen LogP contribution in [0.5, 0.6) is 0 Å². The second kappa shape index (κ2) is 6.37. The maximum Gasteiger partial charge on any atom is 0.124 e. The summed E-state index contributed by atoms with van der Waals surface area (Å²) in [7, 11) is 1.70. The topological polar surface area (TPSA) is 39.1 Å². The van der Waals surface area contributed by atoms with Crippen molar-refractivity contribution in [1.82, 2.24) is 14.9 Å². The Kier molecular flexibility index (Phi) is 4.80. The lowest BCUT2D eigenvalue weighted by molar-refractivity contribution is 0.198. The molecule has 0 bridgehead atoms. The number of ether oxygens (including phenoxy) is 1. The van der Waals surface area contributed by atoms with Crippen molar-refractivity contribution in [2.75, 3.05) is 20.3 Å². The minimum absolute atomic E-state index is 0.323. The van der Waals surface area contributed by atoms with Gasteiger partial charge in [0.2, 0.25) is 0 Å². The van der Waals surface area contributed by atoms with Gasteiger partial charge < -0.3 is 14.6 Å². The van der Waals surface area contributed by atoms with Crippen molar-refractivity contribution in [3.05, 3.63) is 29.0 Å². The van der Waals surface area contributed by atoms with Gasteiger partial charge in [0.15, 0.2) is 0 Å². The number of benzene rings is 1. The van der Waals surface area contributed by atoms with Crippen molar-refractivity contribution in [1.29, 1.82) is 0 Å². The Balaban J connectivity index is 2.32. The summed E-state index contributed by atoms with van der Waals surface area (Å²) in [6, 6.07) is 6.17. The minimum atomic E-state index is 0.323. The van der Waals surface area contributed by atoms with Crippen molar-refractivity contribution < 1.29 is 4.74 Å². The van der Waals surface area contributed by atoms with Gasteiger partial charge >= 0.3 is 0 Å². The molecule has 0 aliphatic heterocycles. The van der Waals surface area contributed by atoms with E-state index in [0.717, 1.165) is 28.4 Å². The van der Waals surface area contributed by atoms with E-state index in [0.29, 0.717) is 19.2 Å². The van der Waals surface area contributed by atoms with E-state index in [1.807, 2.05) is 18.2 Å². The molecule has 2 aromatic rings. The highest BCUT2D eigenvalue weighted by molar-refractivity contribution is 6.35. The van der Waals surface area contributed by atoms with Crippen LogP contribution in [0.4, 0.5) is 0 Å². The van der Waals surface area contributed by atoms with Crippen LogP contribution < -0.4 is 5.32 Å². The predicted molar refractivity (Wildman–Crippen MR) is 78.7 cm³/mol. The Bertz CT molecular complexity index is 551. The molecule has 1 heterocycles. The third kappa shape index (κ3) is 3.08. The van der Waals surface area contributed by atoms with E-state index in [-0.39, 0.29) is 0 Å². The summed E-state index contributed by atoms with van der Waals surface area (Å²) in [4.78, 5) is 4.67. The van der Waals surface area contributed by atoms with E-state index < -0.39 is 0 Å². The predicted octanol–water partition coefficient (Wildman–Crippen LogP) is 3.01. The first-order chi connectivity index (χ1) is 9.15. The number of nitrogens with one attached hydrogen (secondary N) is 1. The summed E-state index contributed by atoms with van der Waals surface area (Å²) in [5.41, 5.74) is 1.97. The zero-order chi connectivity index (χ0) is 13.8. The number of nitrogens with zero attached hydrogens (tertiary/aromatic N) is 2. The Morgan fingerprint density at radius 3 is 2.89 bits per heavy atom. The van der Waals surface area contributed by atoms with Crippen LogP contribution in [0.2, 0.25) is 5.02 Å².